The van der Waals surface area contributed by atoms with Crippen LogP contribution in [0.5, 0.6) is 5.75 Å². The van der Waals surface area contributed by atoms with E-state index in [0.717, 1.165) is 36.4 Å². The predicted octanol–water partition coefficient (Wildman–Crippen LogP) is 2.24. The van der Waals surface area contributed by atoms with E-state index in [1.165, 1.54) is 0 Å². The third-order valence-corrected chi connectivity index (χ3v) is 4.26. The zero-order chi connectivity index (χ0) is 16.8. The van der Waals surface area contributed by atoms with Gasteiger partial charge in [0.2, 0.25) is 0 Å². The Kier molecular flexibility index (Phi) is 5.43. The van der Waals surface area contributed by atoms with Crippen LogP contribution in [0.25, 0.3) is 0 Å². The lowest BCUT2D eigenvalue weighted by Gasteiger charge is -2.15. The minimum absolute atomic E-state index is 0.0361. The van der Waals surface area contributed by atoms with Crippen molar-refractivity contribution >= 4 is 5.91 Å². The molecule has 1 aromatic carbocycles. The second-order valence-corrected chi connectivity index (χ2v) is 6.05. The molecule has 0 radical (unpaired) electrons. The van der Waals surface area contributed by atoms with Crippen molar-refractivity contribution in [3.05, 3.63) is 59.9 Å². The normalized spacial score (nSPS) is 18.7. The molecule has 0 saturated carbocycles. The van der Waals surface area contributed by atoms with E-state index in [-0.39, 0.29) is 11.8 Å². The van der Waals surface area contributed by atoms with Crippen LogP contribution < -0.4 is 15.4 Å². The highest BCUT2D eigenvalue weighted by Crippen LogP contribution is 2.37. The first kappa shape index (κ1) is 16.5. The Labute approximate surface area is 142 Å². The molecule has 0 aliphatic carbocycles. The first-order chi connectivity index (χ1) is 11.8. The van der Waals surface area contributed by atoms with E-state index < -0.39 is 6.10 Å². The Morgan fingerprint density at radius 3 is 2.88 bits per heavy atom. The van der Waals surface area contributed by atoms with Gasteiger partial charge in [-0.05, 0) is 30.7 Å². The number of carbonyl (C=O) groups is 1. The van der Waals surface area contributed by atoms with Crippen molar-refractivity contribution in [2.24, 2.45) is 0 Å². The molecule has 0 fully saturated rings. The van der Waals surface area contributed by atoms with Crippen LogP contribution in [0.3, 0.4) is 0 Å². The van der Waals surface area contributed by atoms with Gasteiger partial charge in [-0.25, -0.2) is 0 Å². The number of hydrogen-bond donors (Lipinski definition) is 2. The molecule has 3 rings (SSSR count). The highest BCUT2D eigenvalue weighted by Gasteiger charge is 2.35. The van der Waals surface area contributed by atoms with Gasteiger partial charge >= 0.3 is 0 Å². The number of fused-ring (bicyclic) bond motifs is 1. The predicted molar refractivity (Wildman–Crippen MR) is 92.8 cm³/mol. The van der Waals surface area contributed by atoms with Gasteiger partial charge in [-0.15, -0.1) is 0 Å². The Morgan fingerprint density at radius 1 is 1.21 bits per heavy atom. The summed E-state index contributed by atoms with van der Waals surface area (Å²) in [7, 11) is 0. The summed E-state index contributed by atoms with van der Waals surface area (Å²) in [4.78, 5) is 16.4. The minimum atomic E-state index is -0.425. The molecule has 1 aliphatic heterocycles. The molecule has 5 nitrogen and oxygen atoms in total. The van der Waals surface area contributed by atoms with Crippen molar-refractivity contribution in [2.75, 3.05) is 13.1 Å². The summed E-state index contributed by atoms with van der Waals surface area (Å²) < 4.78 is 5.78. The number of pyridine rings is 1. The van der Waals surface area contributed by atoms with Gasteiger partial charge in [0, 0.05) is 37.0 Å². The maximum Gasteiger partial charge on any atom is 0.261 e. The smallest absolute Gasteiger partial charge is 0.261 e. The molecule has 5 heteroatoms. The number of amides is 1. The summed E-state index contributed by atoms with van der Waals surface area (Å²) >= 11 is 0. The number of carbonyl (C=O) groups excluding carboxylic acids is 1. The molecule has 1 aromatic heterocycles. The van der Waals surface area contributed by atoms with Crippen molar-refractivity contribution in [2.45, 2.75) is 31.9 Å². The molecule has 2 aromatic rings. The summed E-state index contributed by atoms with van der Waals surface area (Å²) in [6.07, 6.45) is 4.07. The second kappa shape index (κ2) is 7.93. The van der Waals surface area contributed by atoms with Crippen molar-refractivity contribution in [1.82, 2.24) is 15.6 Å². The maximum atomic E-state index is 12.3. The molecule has 126 valence electrons. The number of aromatic nitrogens is 1. The standard InChI is InChI=1S/C19H23N3O2/c1-14-16-7-2-3-8-17(16)24-18(14)19(23)22-11-5-10-21-13-15-6-4-9-20-12-15/h2-4,6-9,12,14,18,21H,5,10-11,13H2,1H3,(H,22,23)/t14-,18+/m0/s1. The Hall–Kier alpha value is -2.40. The Balaban J connectivity index is 1.35. The van der Waals surface area contributed by atoms with Crippen LogP contribution in [0.4, 0.5) is 0 Å². The number of ether oxygens (including phenoxy) is 1. The fourth-order valence-corrected chi connectivity index (χ4v) is 2.91. The van der Waals surface area contributed by atoms with E-state index >= 15 is 0 Å². The maximum absolute atomic E-state index is 12.3. The van der Waals surface area contributed by atoms with Crippen LogP contribution in [0.15, 0.2) is 48.8 Å². The van der Waals surface area contributed by atoms with Crippen molar-refractivity contribution in [3.8, 4) is 5.75 Å². The highest BCUT2D eigenvalue weighted by atomic mass is 16.5. The van der Waals surface area contributed by atoms with Crippen molar-refractivity contribution in [1.29, 1.82) is 0 Å². The minimum Gasteiger partial charge on any atom is -0.480 e. The average molecular weight is 325 g/mol. The van der Waals surface area contributed by atoms with Crippen LogP contribution >= 0.6 is 0 Å². The number of benzene rings is 1. The van der Waals surface area contributed by atoms with E-state index in [4.69, 9.17) is 4.74 Å². The van der Waals surface area contributed by atoms with Crippen LogP contribution in [0.2, 0.25) is 0 Å². The number of nitrogens with zero attached hydrogens (tertiary/aromatic N) is 1. The monoisotopic (exact) mass is 325 g/mol. The molecule has 0 unspecified atom stereocenters. The Morgan fingerprint density at radius 2 is 2.08 bits per heavy atom. The SMILES string of the molecule is C[C@H]1c2ccccc2O[C@H]1C(=O)NCCCNCc1cccnc1. The number of nitrogens with one attached hydrogen (secondary N) is 2. The van der Waals surface area contributed by atoms with Crippen LogP contribution in [0, 0.1) is 0 Å². The van der Waals surface area contributed by atoms with E-state index in [9.17, 15) is 4.79 Å². The molecule has 0 spiro atoms. The molecular formula is C19H23N3O2. The third kappa shape index (κ3) is 3.92. The lowest BCUT2D eigenvalue weighted by Crippen LogP contribution is -2.39. The van der Waals surface area contributed by atoms with Gasteiger partial charge in [0.25, 0.3) is 5.91 Å². The first-order valence-corrected chi connectivity index (χ1v) is 8.38. The fourth-order valence-electron chi connectivity index (χ4n) is 2.91. The van der Waals surface area contributed by atoms with Gasteiger partial charge in [-0.2, -0.15) is 0 Å². The molecule has 0 saturated heterocycles. The molecule has 2 heterocycles. The molecule has 24 heavy (non-hydrogen) atoms. The fraction of sp³-hybridized carbons (Fsp3) is 0.368. The van der Waals surface area contributed by atoms with Gasteiger partial charge in [0.05, 0.1) is 0 Å². The molecule has 1 amide bonds. The summed E-state index contributed by atoms with van der Waals surface area (Å²) in [5.74, 6) is 0.874. The van der Waals surface area contributed by atoms with E-state index in [2.05, 4.69) is 15.6 Å². The van der Waals surface area contributed by atoms with Crippen molar-refractivity contribution in [3.63, 3.8) is 0 Å². The molecule has 2 atom stereocenters. The number of rotatable bonds is 7. The molecule has 0 bridgehead atoms. The molecular weight excluding hydrogens is 302 g/mol. The van der Waals surface area contributed by atoms with Gasteiger partial charge in [0.15, 0.2) is 6.10 Å². The van der Waals surface area contributed by atoms with E-state index in [1.807, 2.05) is 49.5 Å². The van der Waals surface area contributed by atoms with Gasteiger partial charge in [-0.1, -0.05) is 31.2 Å². The summed E-state index contributed by atoms with van der Waals surface area (Å²) in [5.41, 5.74) is 2.27. The number of hydrogen-bond acceptors (Lipinski definition) is 4. The van der Waals surface area contributed by atoms with Gasteiger partial charge < -0.3 is 15.4 Å². The highest BCUT2D eigenvalue weighted by molar-refractivity contribution is 5.83. The van der Waals surface area contributed by atoms with Gasteiger partial charge in [0.1, 0.15) is 5.75 Å². The largest absolute Gasteiger partial charge is 0.480 e. The lowest BCUT2D eigenvalue weighted by atomic mass is 9.97. The summed E-state index contributed by atoms with van der Waals surface area (Å²) in [6.45, 7) is 4.31. The van der Waals surface area contributed by atoms with E-state index in [1.54, 1.807) is 6.20 Å². The summed E-state index contributed by atoms with van der Waals surface area (Å²) in [6, 6.07) is 11.8. The first-order valence-electron chi connectivity index (χ1n) is 8.38. The third-order valence-electron chi connectivity index (χ3n) is 4.26. The quantitative estimate of drug-likeness (QED) is 0.767. The zero-order valence-corrected chi connectivity index (χ0v) is 13.9. The van der Waals surface area contributed by atoms with Crippen LogP contribution in [-0.2, 0) is 11.3 Å². The van der Waals surface area contributed by atoms with Crippen molar-refractivity contribution < 1.29 is 9.53 Å². The van der Waals surface area contributed by atoms with Crippen LogP contribution in [-0.4, -0.2) is 30.1 Å². The topological polar surface area (TPSA) is 63.2 Å². The lowest BCUT2D eigenvalue weighted by molar-refractivity contribution is -0.127. The zero-order valence-electron chi connectivity index (χ0n) is 13.9. The van der Waals surface area contributed by atoms with Gasteiger partial charge in [-0.3, -0.25) is 9.78 Å². The van der Waals surface area contributed by atoms with Crippen LogP contribution in [0.1, 0.15) is 30.4 Å². The molecule has 1 aliphatic rings. The van der Waals surface area contributed by atoms with E-state index in [0.29, 0.717) is 6.54 Å². The number of para-hydroxylation sites is 1. The summed E-state index contributed by atoms with van der Waals surface area (Å²) in [5, 5.41) is 6.32. The second-order valence-electron chi connectivity index (χ2n) is 6.05. The average Bonchev–Trinajstić information content (AvgIpc) is 2.96. The Bertz CT molecular complexity index is 675. The molecule has 2 N–H and O–H groups in total.